The number of aliphatic carboxylic acids is 1. The Kier molecular flexibility index (Phi) is 4.24. The van der Waals surface area contributed by atoms with E-state index in [4.69, 9.17) is 9.84 Å². The summed E-state index contributed by atoms with van der Waals surface area (Å²) in [6.45, 7) is 2.62. The van der Waals surface area contributed by atoms with Gasteiger partial charge in [0.05, 0.1) is 25.7 Å². The summed E-state index contributed by atoms with van der Waals surface area (Å²) in [5.74, 6) is -1.18. The largest absolute Gasteiger partial charge is 0.508 e. The first-order valence-electron chi connectivity index (χ1n) is 6.39. The molecule has 1 aromatic carbocycles. The maximum Gasteiger partial charge on any atom is 0.305 e. The molecule has 1 saturated heterocycles. The molecule has 6 heteroatoms. The molecule has 1 atom stereocenters. The highest BCUT2D eigenvalue weighted by atomic mass is 16.5. The molecule has 0 radical (unpaired) electrons. The van der Waals surface area contributed by atoms with E-state index >= 15 is 0 Å². The molecule has 1 aliphatic rings. The van der Waals surface area contributed by atoms with Crippen LogP contribution in [0.5, 0.6) is 5.75 Å². The fourth-order valence-corrected chi connectivity index (χ4v) is 2.30. The SMILES string of the molecule is Cc1c(O)cccc1C(=O)N1CCOCC1CC(=O)O. The fourth-order valence-electron chi connectivity index (χ4n) is 2.30. The molecule has 6 nitrogen and oxygen atoms in total. The van der Waals surface area contributed by atoms with Gasteiger partial charge in [0, 0.05) is 17.7 Å². The first kappa shape index (κ1) is 14.3. The van der Waals surface area contributed by atoms with Gasteiger partial charge in [0.15, 0.2) is 0 Å². The Morgan fingerprint density at radius 1 is 1.45 bits per heavy atom. The van der Waals surface area contributed by atoms with Crippen molar-refractivity contribution in [3.05, 3.63) is 29.3 Å². The van der Waals surface area contributed by atoms with Gasteiger partial charge in [-0.1, -0.05) is 6.07 Å². The molecule has 0 bridgehead atoms. The van der Waals surface area contributed by atoms with Crippen LogP contribution in [0.15, 0.2) is 18.2 Å². The van der Waals surface area contributed by atoms with Crippen molar-refractivity contribution in [2.24, 2.45) is 0 Å². The van der Waals surface area contributed by atoms with E-state index in [9.17, 15) is 14.7 Å². The van der Waals surface area contributed by atoms with E-state index in [0.29, 0.717) is 24.3 Å². The fraction of sp³-hybridized carbons (Fsp3) is 0.429. The van der Waals surface area contributed by atoms with Gasteiger partial charge in [-0.2, -0.15) is 0 Å². The second kappa shape index (κ2) is 5.92. The lowest BCUT2D eigenvalue weighted by Gasteiger charge is -2.35. The Hall–Kier alpha value is -2.08. The van der Waals surface area contributed by atoms with Gasteiger partial charge < -0.3 is 19.8 Å². The van der Waals surface area contributed by atoms with Crippen molar-refractivity contribution in [1.82, 2.24) is 4.90 Å². The molecule has 20 heavy (non-hydrogen) atoms. The minimum Gasteiger partial charge on any atom is -0.508 e. The Bertz CT molecular complexity index is 528. The number of carbonyl (C=O) groups is 2. The second-order valence-corrected chi connectivity index (χ2v) is 4.77. The number of phenols is 1. The standard InChI is InChI=1S/C14H17NO5/c1-9-11(3-2-4-12(9)16)14(19)15-5-6-20-8-10(15)7-13(17)18/h2-4,10,16H,5-8H2,1H3,(H,17,18). The van der Waals surface area contributed by atoms with Gasteiger partial charge in [-0.05, 0) is 19.1 Å². The summed E-state index contributed by atoms with van der Waals surface area (Å²) < 4.78 is 5.25. The number of carboxylic acids is 1. The molecular formula is C14H17NO5. The van der Waals surface area contributed by atoms with Gasteiger partial charge in [-0.15, -0.1) is 0 Å². The van der Waals surface area contributed by atoms with Gasteiger partial charge in [0.1, 0.15) is 5.75 Å². The van der Waals surface area contributed by atoms with Crippen LogP contribution in [0.3, 0.4) is 0 Å². The number of hydrogen-bond donors (Lipinski definition) is 2. The molecule has 0 aromatic heterocycles. The summed E-state index contributed by atoms with van der Waals surface area (Å²) in [7, 11) is 0. The number of hydrogen-bond acceptors (Lipinski definition) is 4. The van der Waals surface area contributed by atoms with Crippen molar-refractivity contribution in [1.29, 1.82) is 0 Å². The van der Waals surface area contributed by atoms with E-state index in [1.54, 1.807) is 19.1 Å². The molecule has 2 rings (SSSR count). The van der Waals surface area contributed by atoms with E-state index in [0.717, 1.165) is 0 Å². The monoisotopic (exact) mass is 279 g/mol. The summed E-state index contributed by atoms with van der Waals surface area (Å²) in [5, 5.41) is 18.6. The number of benzene rings is 1. The lowest BCUT2D eigenvalue weighted by atomic mass is 10.0. The van der Waals surface area contributed by atoms with Gasteiger partial charge >= 0.3 is 5.97 Å². The van der Waals surface area contributed by atoms with Crippen LogP contribution in [0.1, 0.15) is 22.3 Å². The topological polar surface area (TPSA) is 87.1 Å². The summed E-state index contributed by atoms with van der Waals surface area (Å²) in [6, 6.07) is 4.27. The smallest absolute Gasteiger partial charge is 0.305 e. The van der Waals surface area contributed by atoms with E-state index in [-0.39, 0.29) is 24.7 Å². The molecule has 1 aliphatic heterocycles. The molecule has 0 aliphatic carbocycles. The van der Waals surface area contributed by atoms with Crippen molar-refractivity contribution in [2.45, 2.75) is 19.4 Å². The van der Waals surface area contributed by atoms with E-state index < -0.39 is 12.0 Å². The minimum absolute atomic E-state index is 0.0545. The first-order valence-corrected chi connectivity index (χ1v) is 6.39. The zero-order valence-electron chi connectivity index (χ0n) is 11.2. The average molecular weight is 279 g/mol. The molecule has 1 heterocycles. The number of amides is 1. The molecule has 2 N–H and O–H groups in total. The zero-order chi connectivity index (χ0) is 14.7. The van der Waals surface area contributed by atoms with Gasteiger partial charge in [-0.25, -0.2) is 0 Å². The normalized spacial score (nSPS) is 18.9. The molecule has 1 aromatic rings. The number of phenolic OH excluding ortho intramolecular Hbond substituents is 1. The quantitative estimate of drug-likeness (QED) is 0.862. The summed E-state index contributed by atoms with van der Waals surface area (Å²) in [4.78, 5) is 24.9. The maximum absolute atomic E-state index is 12.5. The number of rotatable bonds is 3. The third kappa shape index (κ3) is 2.91. The van der Waals surface area contributed by atoms with Crippen LogP contribution in [0.4, 0.5) is 0 Å². The third-order valence-electron chi connectivity index (χ3n) is 3.43. The number of ether oxygens (including phenoxy) is 1. The van der Waals surface area contributed by atoms with E-state index in [1.165, 1.54) is 11.0 Å². The Labute approximate surface area is 116 Å². The van der Waals surface area contributed by atoms with Crippen molar-refractivity contribution < 1.29 is 24.5 Å². The van der Waals surface area contributed by atoms with Gasteiger partial charge in [-0.3, -0.25) is 9.59 Å². The van der Waals surface area contributed by atoms with Crippen LogP contribution in [0, 0.1) is 6.92 Å². The molecule has 1 amide bonds. The van der Waals surface area contributed by atoms with Crippen LogP contribution in [-0.2, 0) is 9.53 Å². The summed E-state index contributed by atoms with van der Waals surface area (Å²) >= 11 is 0. The first-order chi connectivity index (χ1) is 9.50. The predicted octanol–water partition coefficient (Wildman–Crippen LogP) is 1.02. The lowest BCUT2D eigenvalue weighted by Crippen LogP contribution is -2.49. The second-order valence-electron chi connectivity index (χ2n) is 4.77. The Balaban J connectivity index is 2.25. The minimum atomic E-state index is -0.967. The predicted molar refractivity (Wildman–Crippen MR) is 70.7 cm³/mol. The molecule has 0 spiro atoms. The number of aromatic hydroxyl groups is 1. The lowest BCUT2D eigenvalue weighted by molar-refractivity contribution is -0.139. The van der Waals surface area contributed by atoms with Gasteiger partial charge in [0.25, 0.3) is 5.91 Å². The highest BCUT2D eigenvalue weighted by molar-refractivity contribution is 5.96. The maximum atomic E-state index is 12.5. The summed E-state index contributed by atoms with van der Waals surface area (Å²) in [5.41, 5.74) is 0.889. The number of morpholine rings is 1. The molecule has 1 unspecified atom stereocenters. The number of nitrogens with zero attached hydrogens (tertiary/aromatic N) is 1. The molecular weight excluding hydrogens is 262 g/mol. The number of carbonyl (C=O) groups excluding carboxylic acids is 1. The van der Waals surface area contributed by atoms with E-state index in [2.05, 4.69) is 0 Å². The molecule has 108 valence electrons. The van der Waals surface area contributed by atoms with Crippen LogP contribution in [-0.4, -0.2) is 52.8 Å². The highest BCUT2D eigenvalue weighted by Crippen LogP contribution is 2.23. The Morgan fingerprint density at radius 3 is 2.90 bits per heavy atom. The van der Waals surface area contributed by atoms with Crippen LogP contribution in [0.25, 0.3) is 0 Å². The number of carboxylic acid groups (broad SMARTS) is 1. The Morgan fingerprint density at radius 2 is 2.20 bits per heavy atom. The molecule has 1 fully saturated rings. The zero-order valence-corrected chi connectivity index (χ0v) is 11.2. The van der Waals surface area contributed by atoms with Crippen LogP contribution >= 0.6 is 0 Å². The molecule has 0 saturated carbocycles. The van der Waals surface area contributed by atoms with Crippen molar-refractivity contribution in [2.75, 3.05) is 19.8 Å². The third-order valence-corrected chi connectivity index (χ3v) is 3.43. The van der Waals surface area contributed by atoms with Crippen molar-refractivity contribution in [3.8, 4) is 5.75 Å². The highest BCUT2D eigenvalue weighted by Gasteiger charge is 2.30. The van der Waals surface area contributed by atoms with E-state index in [1.807, 2.05) is 0 Å². The average Bonchev–Trinajstić information content (AvgIpc) is 2.41. The van der Waals surface area contributed by atoms with Crippen molar-refractivity contribution >= 4 is 11.9 Å². The van der Waals surface area contributed by atoms with Gasteiger partial charge in [0.2, 0.25) is 0 Å². The van der Waals surface area contributed by atoms with Crippen molar-refractivity contribution in [3.63, 3.8) is 0 Å². The van der Waals surface area contributed by atoms with Crippen LogP contribution < -0.4 is 0 Å². The summed E-state index contributed by atoms with van der Waals surface area (Å²) in [6.07, 6.45) is -0.149. The van der Waals surface area contributed by atoms with Crippen LogP contribution in [0.2, 0.25) is 0 Å².